The first kappa shape index (κ1) is 13.8. The van der Waals surface area contributed by atoms with Crippen LogP contribution in [0.5, 0.6) is 0 Å². The van der Waals surface area contributed by atoms with Gasteiger partial charge in [0.25, 0.3) is 0 Å². The monoisotopic (exact) mass is 304 g/mol. The highest BCUT2D eigenvalue weighted by Crippen LogP contribution is 2.34. The van der Waals surface area contributed by atoms with E-state index in [4.69, 9.17) is 9.47 Å². The Morgan fingerprint density at radius 2 is 1.71 bits per heavy atom. The summed E-state index contributed by atoms with van der Waals surface area (Å²) in [7, 11) is 0. The highest BCUT2D eigenvalue weighted by Gasteiger charge is 2.32. The van der Waals surface area contributed by atoms with Crippen molar-refractivity contribution >= 4 is 15.9 Å². The van der Waals surface area contributed by atoms with Crippen LogP contribution in [0, 0.1) is 5.41 Å². The summed E-state index contributed by atoms with van der Waals surface area (Å²) in [5.41, 5.74) is 0.338. The first-order valence-electron chi connectivity index (χ1n) is 7.10. The lowest BCUT2D eigenvalue weighted by molar-refractivity contribution is -0.0551. The first-order chi connectivity index (χ1) is 8.35. The molecular weight excluding hydrogens is 280 g/mol. The third-order valence-corrected chi connectivity index (χ3v) is 5.45. The summed E-state index contributed by atoms with van der Waals surface area (Å²) >= 11 is 3.67. The van der Waals surface area contributed by atoms with Crippen molar-refractivity contribution in [3.05, 3.63) is 0 Å². The minimum absolute atomic E-state index is 0.338. The Morgan fingerprint density at radius 1 is 1.06 bits per heavy atom. The van der Waals surface area contributed by atoms with Crippen LogP contribution in [0.2, 0.25) is 0 Å². The van der Waals surface area contributed by atoms with Crippen molar-refractivity contribution in [3.63, 3.8) is 0 Å². The molecule has 1 aliphatic heterocycles. The maximum atomic E-state index is 6.21. The van der Waals surface area contributed by atoms with Crippen molar-refractivity contribution in [3.8, 4) is 0 Å². The second-order valence-electron chi connectivity index (χ2n) is 5.67. The molecule has 0 spiro atoms. The number of halogens is 1. The minimum atomic E-state index is 0.338. The van der Waals surface area contributed by atoms with Crippen LogP contribution in [0.25, 0.3) is 0 Å². The molecule has 17 heavy (non-hydrogen) atoms. The van der Waals surface area contributed by atoms with Crippen molar-refractivity contribution in [1.29, 1.82) is 0 Å². The Bertz CT molecular complexity index is 206. The van der Waals surface area contributed by atoms with Crippen molar-refractivity contribution in [2.75, 3.05) is 25.2 Å². The molecule has 0 N–H and O–H groups in total. The third-order valence-electron chi connectivity index (χ3n) is 4.26. The summed E-state index contributed by atoms with van der Waals surface area (Å²) in [5, 5.41) is 1.05. The lowest BCUT2D eigenvalue weighted by atomic mass is 9.83. The Kier molecular flexibility index (Phi) is 5.78. The van der Waals surface area contributed by atoms with E-state index in [1.165, 1.54) is 38.5 Å². The van der Waals surface area contributed by atoms with Gasteiger partial charge < -0.3 is 9.47 Å². The molecule has 0 atom stereocenters. The second-order valence-corrected chi connectivity index (χ2v) is 6.23. The van der Waals surface area contributed by atoms with E-state index in [9.17, 15) is 0 Å². The number of ether oxygens (including phenoxy) is 2. The lowest BCUT2D eigenvalue weighted by Gasteiger charge is -2.36. The van der Waals surface area contributed by atoms with Crippen molar-refractivity contribution in [2.45, 2.75) is 57.5 Å². The zero-order valence-electron chi connectivity index (χ0n) is 10.8. The molecule has 0 radical (unpaired) electrons. The van der Waals surface area contributed by atoms with Gasteiger partial charge in [-0.1, -0.05) is 41.6 Å². The molecule has 2 aliphatic rings. The summed E-state index contributed by atoms with van der Waals surface area (Å²) in [6.07, 6.45) is 10.9. The molecule has 0 aromatic rings. The molecule has 0 unspecified atom stereocenters. The van der Waals surface area contributed by atoms with Crippen LogP contribution >= 0.6 is 15.9 Å². The van der Waals surface area contributed by atoms with E-state index < -0.39 is 0 Å². The number of alkyl halides is 1. The van der Waals surface area contributed by atoms with E-state index in [-0.39, 0.29) is 0 Å². The number of rotatable bonds is 4. The molecule has 1 heterocycles. The average molecular weight is 305 g/mol. The first-order valence-corrected chi connectivity index (χ1v) is 8.22. The quantitative estimate of drug-likeness (QED) is 0.579. The molecular formula is C14H25BrO2. The van der Waals surface area contributed by atoms with E-state index in [0.29, 0.717) is 11.5 Å². The zero-order chi connectivity index (χ0) is 12.0. The fraction of sp³-hybridized carbons (Fsp3) is 1.00. The summed E-state index contributed by atoms with van der Waals surface area (Å²) < 4.78 is 11.7. The van der Waals surface area contributed by atoms with E-state index in [2.05, 4.69) is 15.9 Å². The molecule has 1 saturated carbocycles. The third kappa shape index (κ3) is 4.22. The van der Waals surface area contributed by atoms with Gasteiger partial charge in [0.1, 0.15) is 0 Å². The van der Waals surface area contributed by atoms with Gasteiger partial charge in [-0.05, 0) is 25.7 Å². The standard InChI is InChI=1S/C14H25BrO2/c15-11-14(7-9-16-10-8-14)12-17-13-5-3-1-2-4-6-13/h13H,1-12H2. The predicted octanol–water partition coefficient (Wildman–Crippen LogP) is 3.92. The van der Waals surface area contributed by atoms with Gasteiger partial charge in [0.2, 0.25) is 0 Å². The Hall–Kier alpha value is 0.400. The maximum absolute atomic E-state index is 6.21. The van der Waals surface area contributed by atoms with Crippen molar-refractivity contribution in [2.24, 2.45) is 5.41 Å². The second kappa shape index (κ2) is 7.10. The number of hydrogen-bond acceptors (Lipinski definition) is 2. The summed E-state index contributed by atoms with van der Waals surface area (Å²) in [5.74, 6) is 0. The molecule has 0 amide bonds. The van der Waals surface area contributed by atoms with Gasteiger partial charge in [-0.15, -0.1) is 0 Å². The smallest absolute Gasteiger partial charge is 0.0575 e. The molecule has 0 aromatic heterocycles. The van der Waals surface area contributed by atoms with Crippen molar-refractivity contribution in [1.82, 2.24) is 0 Å². The predicted molar refractivity (Wildman–Crippen MR) is 73.7 cm³/mol. The van der Waals surface area contributed by atoms with E-state index in [1.54, 1.807) is 0 Å². The molecule has 1 saturated heterocycles. The van der Waals surface area contributed by atoms with Gasteiger partial charge in [0.05, 0.1) is 12.7 Å². The van der Waals surface area contributed by atoms with Gasteiger partial charge in [-0.25, -0.2) is 0 Å². The largest absolute Gasteiger partial charge is 0.381 e. The van der Waals surface area contributed by atoms with Gasteiger partial charge in [0.15, 0.2) is 0 Å². The minimum Gasteiger partial charge on any atom is -0.381 e. The van der Waals surface area contributed by atoms with Crippen LogP contribution in [-0.2, 0) is 9.47 Å². The normalized spacial score (nSPS) is 26.6. The fourth-order valence-electron chi connectivity index (χ4n) is 2.82. The summed E-state index contributed by atoms with van der Waals surface area (Å²) in [6.45, 7) is 2.73. The summed E-state index contributed by atoms with van der Waals surface area (Å²) in [4.78, 5) is 0. The van der Waals surface area contributed by atoms with Gasteiger partial charge in [-0.2, -0.15) is 0 Å². The molecule has 1 aliphatic carbocycles. The molecule has 0 aromatic carbocycles. The maximum Gasteiger partial charge on any atom is 0.0575 e. The molecule has 0 bridgehead atoms. The number of hydrogen-bond donors (Lipinski definition) is 0. The van der Waals surface area contributed by atoms with Gasteiger partial charge >= 0.3 is 0 Å². The highest BCUT2D eigenvalue weighted by molar-refractivity contribution is 9.09. The highest BCUT2D eigenvalue weighted by atomic mass is 79.9. The Labute approximate surface area is 114 Å². The van der Waals surface area contributed by atoms with Crippen LogP contribution in [0.1, 0.15) is 51.4 Å². The SMILES string of the molecule is BrCC1(COC2CCCCCC2)CCOCC1. The topological polar surface area (TPSA) is 18.5 Å². The molecule has 2 fully saturated rings. The zero-order valence-corrected chi connectivity index (χ0v) is 12.3. The van der Waals surface area contributed by atoms with Crippen LogP contribution in [0.15, 0.2) is 0 Å². The van der Waals surface area contributed by atoms with Crippen LogP contribution in [-0.4, -0.2) is 31.3 Å². The fourth-order valence-corrected chi connectivity index (χ4v) is 3.55. The molecule has 2 rings (SSSR count). The Morgan fingerprint density at radius 3 is 2.29 bits per heavy atom. The average Bonchev–Trinajstić information content (AvgIpc) is 2.66. The van der Waals surface area contributed by atoms with E-state index in [0.717, 1.165) is 38.0 Å². The van der Waals surface area contributed by atoms with Crippen molar-refractivity contribution < 1.29 is 9.47 Å². The van der Waals surface area contributed by atoms with Crippen LogP contribution in [0.4, 0.5) is 0 Å². The van der Waals surface area contributed by atoms with Gasteiger partial charge in [-0.3, -0.25) is 0 Å². The van der Waals surface area contributed by atoms with Crippen LogP contribution in [0.3, 0.4) is 0 Å². The van der Waals surface area contributed by atoms with E-state index in [1.807, 2.05) is 0 Å². The molecule has 2 nitrogen and oxygen atoms in total. The summed E-state index contributed by atoms with van der Waals surface area (Å²) in [6, 6.07) is 0. The van der Waals surface area contributed by atoms with Gasteiger partial charge in [0, 0.05) is 24.0 Å². The van der Waals surface area contributed by atoms with Crippen LogP contribution < -0.4 is 0 Å². The lowest BCUT2D eigenvalue weighted by Crippen LogP contribution is -2.37. The Balaban J connectivity index is 1.77. The van der Waals surface area contributed by atoms with E-state index >= 15 is 0 Å². The molecule has 3 heteroatoms. The molecule has 100 valence electrons.